The molecular weight excluding hydrogens is 192 g/mol. The molecule has 1 rings (SSSR count). The first-order chi connectivity index (χ1) is 7.20. The van der Waals surface area contributed by atoms with Crippen LogP contribution in [0.4, 0.5) is 0 Å². The van der Waals surface area contributed by atoms with Crippen LogP contribution in [0, 0.1) is 0 Å². The van der Waals surface area contributed by atoms with Gasteiger partial charge in [0.2, 0.25) is 0 Å². The molecule has 3 heteroatoms. The van der Waals surface area contributed by atoms with Gasteiger partial charge in [-0.15, -0.1) is 0 Å². The van der Waals surface area contributed by atoms with Gasteiger partial charge >= 0.3 is 0 Å². The molecule has 0 fully saturated rings. The van der Waals surface area contributed by atoms with E-state index in [-0.39, 0.29) is 18.6 Å². The predicted molar refractivity (Wildman–Crippen MR) is 58.7 cm³/mol. The third-order valence-corrected chi connectivity index (χ3v) is 2.69. The fraction of sp³-hybridized carbons (Fsp3) is 0.500. The fourth-order valence-electron chi connectivity index (χ4n) is 1.58. The van der Waals surface area contributed by atoms with Crippen LogP contribution in [0.5, 0.6) is 0 Å². The largest absolute Gasteiger partial charge is 0.396 e. The Morgan fingerprint density at radius 1 is 1.27 bits per heavy atom. The van der Waals surface area contributed by atoms with E-state index >= 15 is 0 Å². The Morgan fingerprint density at radius 2 is 1.87 bits per heavy atom. The van der Waals surface area contributed by atoms with Crippen LogP contribution >= 0.6 is 0 Å². The summed E-state index contributed by atoms with van der Waals surface area (Å²) >= 11 is 0. The molecule has 2 N–H and O–H groups in total. The van der Waals surface area contributed by atoms with Crippen molar-refractivity contribution in [3.05, 3.63) is 35.9 Å². The summed E-state index contributed by atoms with van der Waals surface area (Å²) in [4.78, 5) is 0. The summed E-state index contributed by atoms with van der Waals surface area (Å²) in [5, 5.41) is 19.2. The Hall–Kier alpha value is -0.900. The molecule has 3 nitrogen and oxygen atoms in total. The molecule has 3 atom stereocenters. The molecule has 84 valence electrons. The van der Waals surface area contributed by atoms with E-state index in [1.165, 1.54) is 0 Å². The second-order valence-corrected chi connectivity index (χ2v) is 3.63. The highest BCUT2D eigenvalue weighted by molar-refractivity contribution is 5.21. The van der Waals surface area contributed by atoms with Crippen molar-refractivity contribution in [2.75, 3.05) is 13.7 Å². The monoisotopic (exact) mass is 210 g/mol. The Balaban J connectivity index is 2.80. The van der Waals surface area contributed by atoms with Crippen molar-refractivity contribution in [3.63, 3.8) is 0 Å². The standard InChI is InChI=1S/C12H18O3/c1-9(15-2)12(14)11(8-13)10-6-4-3-5-7-10/h3-7,9,11-14H,8H2,1-2H3. The normalized spacial score (nSPS) is 17.1. The summed E-state index contributed by atoms with van der Waals surface area (Å²) in [6, 6.07) is 9.48. The highest BCUT2D eigenvalue weighted by atomic mass is 16.5. The van der Waals surface area contributed by atoms with Gasteiger partial charge in [0.25, 0.3) is 0 Å². The van der Waals surface area contributed by atoms with Crippen LogP contribution in [-0.4, -0.2) is 36.1 Å². The fourth-order valence-corrected chi connectivity index (χ4v) is 1.58. The quantitative estimate of drug-likeness (QED) is 0.766. The minimum absolute atomic E-state index is 0.0844. The van der Waals surface area contributed by atoms with Crippen molar-refractivity contribution in [1.82, 2.24) is 0 Å². The van der Waals surface area contributed by atoms with E-state index in [4.69, 9.17) is 4.74 Å². The molecule has 0 aliphatic heterocycles. The zero-order valence-corrected chi connectivity index (χ0v) is 9.13. The van der Waals surface area contributed by atoms with Crippen LogP contribution < -0.4 is 0 Å². The number of benzene rings is 1. The summed E-state index contributed by atoms with van der Waals surface area (Å²) in [6.45, 7) is 1.70. The van der Waals surface area contributed by atoms with Crippen molar-refractivity contribution in [1.29, 1.82) is 0 Å². The molecule has 0 aliphatic carbocycles. The number of hydrogen-bond acceptors (Lipinski definition) is 3. The molecule has 0 saturated heterocycles. The summed E-state index contributed by atoms with van der Waals surface area (Å²) in [5.74, 6) is -0.291. The third kappa shape index (κ3) is 3.02. The zero-order valence-electron chi connectivity index (χ0n) is 9.13. The van der Waals surface area contributed by atoms with E-state index in [2.05, 4.69) is 0 Å². The Kier molecular flexibility index (Phi) is 4.75. The highest BCUT2D eigenvalue weighted by Crippen LogP contribution is 2.22. The average Bonchev–Trinajstić information content (AvgIpc) is 2.30. The molecular formula is C12H18O3. The van der Waals surface area contributed by atoms with Crippen LogP contribution in [0.1, 0.15) is 18.4 Å². The number of ether oxygens (including phenoxy) is 1. The molecule has 3 unspecified atom stereocenters. The zero-order chi connectivity index (χ0) is 11.3. The maximum atomic E-state index is 9.95. The smallest absolute Gasteiger partial charge is 0.0889 e. The summed E-state index contributed by atoms with van der Waals surface area (Å²) in [5.41, 5.74) is 0.927. The lowest BCUT2D eigenvalue weighted by Crippen LogP contribution is -2.33. The van der Waals surface area contributed by atoms with Gasteiger partial charge in [0.1, 0.15) is 0 Å². The average molecular weight is 210 g/mol. The second-order valence-electron chi connectivity index (χ2n) is 3.63. The van der Waals surface area contributed by atoms with Crippen molar-refractivity contribution < 1.29 is 14.9 Å². The topological polar surface area (TPSA) is 49.7 Å². The van der Waals surface area contributed by atoms with Crippen molar-refractivity contribution in [2.24, 2.45) is 0 Å². The van der Waals surface area contributed by atoms with E-state index in [0.29, 0.717) is 0 Å². The molecule has 1 aromatic carbocycles. The van der Waals surface area contributed by atoms with Gasteiger partial charge in [-0.25, -0.2) is 0 Å². The number of aliphatic hydroxyl groups excluding tert-OH is 2. The predicted octanol–water partition coefficient (Wildman–Crippen LogP) is 1.16. The molecule has 1 aromatic rings. The Labute approximate surface area is 90.3 Å². The number of rotatable bonds is 5. The van der Waals surface area contributed by atoms with Gasteiger partial charge in [0.05, 0.1) is 18.8 Å². The van der Waals surface area contributed by atoms with E-state index in [1.54, 1.807) is 14.0 Å². The van der Waals surface area contributed by atoms with E-state index in [0.717, 1.165) is 5.56 Å². The van der Waals surface area contributed by atoms with Gasteiger partial charge in [0, 0.05) is 13.0 Å². The maximum absolute atomic E-state index is 9.95. The molecule has 0 radical (unpaired) electrons. The Bertz CT molecular complexity index is 273. The molecule has 0 heterocycles. The first kappa shape index (κ1) is 12.2. The first-order valence-electron chi connectivity index (χ1n) is 5.07. The lowest BCUT2D eigenvalue weighted by Gasteiger charge is -2.25. The van der Waals surface area contributed by atoms with Crippen molar-refractivity contribution in [3.8, 4) is 0 Å². The number of aliphatic hydroxyl groups is 2. The van der Waals surface area contributed by atoms with Gasteiger partial charge in [-0.05, 0) is 12.5 Å². The lowest BCUT2D eigenvalue weighted by atomic mass is 9.91. The second kappa shape index (κ2) is 5.85. The van der Waals surface area contributed by atoms with Gasteiger partial charge in [-0.1, -0.05) is 30.3 Å². The molecule has 0 bridgehead atoms. The third-order valence-electron chi connectivity index (χ3n) is 2.69. The highest BCUT2D eigenvalue weighted by Gasteiger charge is 2.25. The number of methoxy groups -OCH3 is 1. The minimum atomic E-state index is -0.692. The van der Waals surface area contributed by atoms with Crippen LogP contribution in [0.3, 0.4) is 0 Å². The maximum Gasteiger partial charge on any atom is 0.0889 e. The molecule has 0 amide bonds. The van der Waals surface area contributed by atoms with E-state index in [1.807, 2.05) is 30.3 Å². The van der Waals surface area contributed by atoms with E-state index in [9.17, 15) is 10.2 Å². The molecule has 15 heavy (non-hydrogen) atoms. The molecule has 0 spiro atoms. The summed E-state index contributed by atoms with van der Waals surface area (Å²) in [7, 11) is 1.55. The van der Waals surface area contributed by atoms with Crippen molar-refractivity contribution >= 4 is 0 Å². The van der Waals surface area contributed by atoms with Crippen LogP contribution in [0.25, 0.3) is 0 Å². The summed E-state index contributed by atoms with van der Waals surface area (Å²) in [6.07, 6.45) is -0.982. The first-order valence-corrected chi connectivity index (χ1v) is 5.07. The van der Waals surface area contributed by atoms with Gasteiger partial charge in [-0.2, -0.15) is 0 Å². The van der Waals surface area contributed by atoms with Crippen LogP contribution in [0.2, 0.25) is 0 Å². The molecule has 0 aromatic heterocycles. The lowest BCUT2D eigenvalue weighted by molar-refractivity contribution is -0.0238. The molecule has 0 aliphatic rings. The van der Waals surface area contributed by atoms with Crippen molar-refractivity contribution in [2.45, 2.75) is 25.0 Å². The molecule has 0 saturated carbocycles. The van der Waals surface area contributed by atoms with Crippen LogP contribution in [0.15, 0.2) is 30.3 Å². The van der Waals surface area contributed by atoms with Crippen LogP contribution in [-0.2, 0) is 4.74 Å². The summed E-state index contributed by atoms with van der Waals surface area (Å²) < 4.78 is 5.06. The van der Waals surface area contributed by atoms with Gasteiger partial charge in [-0.3, -0.25) is 0 Å². The minimum Gasteiger partial charge on any atom is -0.396 e. The van der Waals surface area contributed by atoms with E-state index < -0.39 is 6.10 Å². The SMILES string of the molecule is COC(C)C(O)C(CO)c1ccccc1. The Morgan fingerprint density at radius 3 is 2.33 bits per heavy atom. The van der Waals surface area contributed by atoms with Gasteiger partial charge < -0.3 is 14.9 Å². The van der Waals surface area contributed by atoms with Gasteiger partial charge in [0.15, 0.2) is 0 Å². The number of hydrogen-bond donors (Lipinski definition) is 2.